The molecule has 0 bridgehead atoms. The van der Waals surface area contributed by atoms with Crippen molar-refractivity contribution in [2.24, 2.45) is 5.92 Å². The zero-order chi connectivity index (χ0) is 12.3. The van der Waals surface area contributed by atoms with Crippen LogP contribution in [-0.4, -0.2) is 31.1 Å². The van der Waals surface area contributed by atoms with Gasteiger partial charge in [0, 0.05) is 22.4 Å². The molecule has 0 aromatic carbocycles. The summed E-state index contributed by atoms with van der Waals surface area (Å²) in [5.74, 6) is 0.835. The first-order valence-corrected chi connectivity index (χ1v) is 8.46. The summed E-state index contributed by atoms with van der Waals surface area (Å²) in [6.45, 7) is 8.11. The fraction of sp³-hybridized carbons (Fsp3) is 0.667. The molecule has 0 amide bonds. The molecule has 1 aromatic rings. The van der Waals surface area contributed by atoms with Gasteiger partial charge in [0.2, 0.25) is 0 Å². The highest BCUT2D eigenvalue weighted by molar-refractivity contribution is 9.13. The lowest BCUT2D eigenvalue weighted by Gasteiger charge is -2.13. The second kappa shape index (κ2) is 6.66. The van der Waals surface area contributed by atoms with Gasteiger partial charge >= 0.3 is 0 Å². The molecule has 1 saturated heterocycles. The van der Waals surface area contributed by atoms with E-state index in [4.69, 9.17) is 0 Å². The van der Waals surface area contributed by atoms with Crippen molar-refractivity contribution in [2.45, 2.75) is 19.9 Å². The summed E-state index contributed by atoms with van der Waals surface area (Å²) in [6.07, 6.45) is 1.35. The zero-order valence-corrected chi connectivity index (χ0v) is 14.0. The number of rotatable bonds is 5. The summed E-state index contributed by atoms with van der Waals surface area (Å²) in [5, 5.41) is 3.57. The van der Waals surface area contributed by atoms with E-state index in [0.29, 0.717) is 0 Å². The number of hydrogen-bond donors (Lipinski definition) is 1. The fourth-order valence-electron chi connectivity index (χ4n) is 2.24. The molecule has 5 heteroatoms. The highest BCUT2D eigenvalue weighted by atomic mass is 79.9. The summed E-state index contributed by atoms with van der Waals surface area (Å²) in [7, 11) is 0. The van der Waals surface area contributed by atoms with Gasteiger partial charge in [-0.15, -0.1) is 11.3 Å². The van der Waals surface area contributed by atoms with E-state index >= 15 is 0 Å². The Kier molecular flexibility index (Phi) is 5.49. The van der Waals surface area contributed by atoms with Crippen molar-refractivity contribution in [3.05, 3.63) is 19.2 Å². The maximum absolute atomic E-state index is 3.57. The molecule has 0 aliphatic carbocycles. The van der Waals surface area contributed by atoms with Gasteiger partial charge in [-0.1, -0.05) is 6.92 Å². The van der Waals surface area contributed by atoms with Crippen LogP contribution in [0.4, 0.5) is 0 Å². The van der Waals surface area contributed by atoms with Crippen LogP contribution in [0.3, 0.4) is 0 Å². The average Bonchev–Trinajstić information content (AvgIpc) is 2.87. The first-order valence-electron chi connectivity index (χ1n) is 6.05. The molecular weight excluding hydrogens is 364 g/mol. The molecule has 1 aliphatic rings. The van der Waals surface area contributed by atoms with Crippen LogP contribution in [0.25, 0.3) is 0 Å². The van der Waals surface area contributed by atoms with Gasteiger partial charge in [0.05, 0.1) is 3.79 Å². The van der Waals surface area contributed by atoms with Crippen LogP contribution in [0.15, 0.2) is 14.3 Å². The van der Waals surface area contributed by atoms with E-state index in [0.717, 1.165) is 23.5 Å². The maximum atomic E-state index is 3.57. The van der Waals surface area contributed by atoms with Crippen molar-refractivity contribution < 1.29 is 0 Å². The topological polar surface area (TPSA) is 15.3 Å². The molecule has 1 atom stereocenters. The van der Waals surface area contributed by atoms with E-state index in [9.17, 15) is 0 Å². The van der Waals surface area contributed by atoms with Crippen LogP contribution < -0.4 is 5.32 Å². The zero-order valence-electron chi connectivity index (χ0n) is 10.0. The van der Waals surface area contributed by atoms with E-state index in [2.05, 4.69) is 55.1 Å². The summed E-state index contributed by atoms with van der Waals surface area (Å²) >= 11 is 8.85. The van der Waals surface area contributed by atoms with Gasteiger partial charge in [0.25, 0.3) is 0 Å². The Bertz CT molecular complexity index is 348. The predicted octanol–water partition coefficient (Wildman–Crippen LogP) is 3.70. The standard InChI is InChI=1S/C12H18Br2N2S/c1-2-16-4-3-9(8-16)6-15-7-10-5-11(13)12(14)17-10/h5,9,15H,2-4,6-8H2,1H3. The third-order valence-corrected chi connectivity index (χ3v) is 6.50. The number of likely N-dealkylation sites (tertiary alicyclic amines) is 1. The highest BCUT2D eigenvalue weighted by Crippen LogP contribution is 2.32. The van der Waals surface area contributed by atoms with Gasteiger partial charge in [0.15, 0.2) is 0 Å². The van der Waals surface area contributed by atoms with E-state index in [-0.39, 0.29) is 0 Å². The molecule has 1 aliphatic heterocycles. The Balaban J connectivity index is 1.69. The Hall–Kier alpha value is 0.580. The monoisotopic (exact) mass is 380 g/mol. The van der Waals surface area contributed by atoms with Gasteiger partial charge in [-0.25, -0.2) is 0 Å². The molecule has 1 aromatic heterocycles. The fourth-order valence-corrected chi connectivity index (χ4v) is 4.39. The second-order valence-electron chi connectivity index (χ2n) is 4.51. The molecule has 0 radical (unpaired) electrons. The third-order valence-electron chi connectivity index (χ3n) is 3.25. The van der Waals surface area contributed by atoms with Gasteiger partial charge in [-0.3, -0.25) is 0 Å². The van der Waals surface area contributed by atoms with Gasteiger partial charge in [0.1, 0.15) is 0 Å². The molecule has 96 valence electrons. The van der Waals surface area contributed by atoms with Crippen molar-refractivity contribution in [1.82, 2.24) is 10.2 Å². The number of nitrogens with one attached hydrogen (secondary N) is 1. The summed E-state index contributed by atoms with van der Waals surface area (Å²) in [5.41, 5.74) is 0. The molecule has 1 unspecified atom stereocenters. The third kappa shape index (κ3) is 4.03. The van der Waals surface area contributed by atoms with E-state index < -0.39 is 0 Å². The van der Waals surface area contributed by atoms with Gasteiger partial charge in [-0.2, -0.15) is 0 Å². The lowest BCUT2D eigenvalue weighted by atomic mass is 10.1. The SMILES string of the molecule is CCN1CCC(CNCc2cc(Br)c(Br)s2)C1. The van der Waals surface area contributed by atoms with Crippen LogP contribution >= 0.6 is 43.2 Å². The number of hydrogen-bond acceptors (Lipinski definition) is 3. The van der Waals surface area contributed by atoms with Crippen molar-refractivity contribution in [3.63, 3.8) is 0 Å². The van der Waals surface area contributed by atoms with E-state index in [1.165, 1.54) is 34.7 Å². The molecule has 2 rings (SSSR count). The average molecular weight is 382 g/mol. The first kappa shape index (κ1) is 14.0. The Morgan fingerprint density at radius 3 is 2.94 bits per heavy atom. The molecule has 0 spiro atoms. The van der Waals surface area contributed by atoms with E-state index in [1.54, 1.807) is 11.3 Å². The molecule has 17 heavy (non-hydrogen) atoms. The molecular formula is C12H18Br2N2S. The quantitative estimate of drug-likeness (QED) is 0.836. The maximum Gasteiger partial charge on any atom is 0.0843 e. The van der Waals surface area contributed by atoms with Crippen molar-refractivity contribution in [2.75, 3.05) is 26.2 Å². The van der Waals surface area contributed by atoms with Gasteiger partial charge in [-0.05, 0) is 69.9 Å². The lowest BCUT2D eigenvalue weighted by molar-refractivity contribution is 0.339. The second-order valence-corrected chi connectivity index (χ2v) is 7.82. The van der Waals surface area contributed by atoms with E-state index in [1.807, 2.05) is 0 Å². The molecule has 1 fully saturated rings. The Morgan fingerprint density at radius 1 is 1.53 bits per heavy atom. The van der Waals surface area contributed by atoms with Crippen LogP contribution in [0.5, 0.6) is 0 Å². The van der Waals surface area contributed by atoms with Gasteiger partial charge < -0.3 is 10.2 Å². The lowest BCUT2D eigenvalue weighted by Crippen LogP contribution is -2.25. The Morgan fingerprint density at radius 2 is 2.35 bits per heavy atom. The smallest absolute Gasteiger partial charge is 0.0843 e. The van der Waals surface area contributed by atoms with Crippen molar-refractivity contribution >= 4 is 43.2 Å². The minimum Gasteiger partial charge on any atom is -0.312 e. The van der Waals surface area contributed by atoms with Crippen LogP contribution in [0, 0.1) is 5.92 Å². The Labute approximate surface area is 124 Å². The number of halogens is 2. The molecule has 2 nitrogen and oxygen atoms in total. The largest absolute Gasteiger partial charge is 0.312 e. The van der Waals surface area contributed by atoms with Crippen LogP contribution in [0.1, 0.15) is 18.2 Å². The number of nitrogens with zero attached hydrogens (tertiary/aromatic N) is 1. The summed E-state index contributed by atoms with van der Waals surface area (Å²) in [4.78, 5) is 3.92. The van der Waals surface area contributed by atoms with Crippen LogP contribution in [0.2, 0.25) is 0 Å². The van der Waals surface area contributed by atoms with Crippen LogP contribution in [-0.2, 0) is 6.54 Å². The predicted molar refractivity (Wildman–Crippen MR) is 81.6 cm³/mol. The minimum absolute atomic E-state index is 0.835. The molecule has 2 heterocycles. The van der Waals surface area contributed by atoms with Crippen molar-refractivity contribution in [3.8, 4) is 0 Å². The molecule has 0 saturated carbocycles. The van der Waals surface area contributed by atoms with Crippen molar-refractivity contribution in [1.29, 1.82) is 0 Å². The minimum atomic E-state index is 0.835. The first-order chi connectivity index (χ1) is 8.19. The summed E-state index contributed by atoms with van der Waals surface area (Å²) < 4.78 is 2.35. The summed E-state index contributed by atoms with van der Waals surface area (Å²) in [6, 6.07) is 2.19. The molecule has 1 N–H and O–H groups in total. The highest BCUT2D eigenvalue weighted by Gasteiger charge is 2.20. The normalized spacial score (nSPS) is 21.2. The number of thiophene rings is 1.